The largest absolute Gasteiger partial charge is 0.540 e. The van der Waals surface area contributed by atoms with Crippen molar-refractivity contribution in [1.82, 2.24) is 9.56 Å². The van der Waals surface area contributed by atoms with Crippen molar-refractivity contribution in [3.05, 3.63) is 59.7 Å². The fourth-order valence-corrected chi connectivity index (χ4v) is 3.13. The van der Waals surface area contributed by atoms with E-state index in [2.05, 4.69) is 10.2 Å². The lowest BCUT2D eigenvalue weighted by atomic mass is 10.2. The van der Waals surface area contributed by atoms with Crippen LogP contribution < -0.4 is 9.26 Å². The molecule has 0 heterocycles. The number of rotatable bonds is 9. The molecule has 0 fully saturated rings. The second-order valence-electron chi connectivity index (χ2n) is 5.60. The Bertz CT molecular complexity index is 874. The Balaban J connectivity index is 1.92. The van der Waals surface area contributed by atoms with Crippen molar-refractivity contribution in [3.63, 3.8) is 0 Å². The van der Waals surface area contributed by atoms with Gasteiger partial charge in [-0.2, -0.15) is 0 Å². The highest BCUT2D eigenvalue weighted by atomic mass is 32.4. The standard InChI is InChI=1S/C18H22N4O2P2S2/c1-21(25(4)27)19-13-16-7-11-18(12-8-16)24-26(28)22(2)20-14-15-5-9-17(23-3)10-6-15/h5-14H,1-4H3/q+2/b19-13-,20-14-. The molecule has 0 N–H and O–H groups in total. The van der Waals surface area contributed by atoms with Gasteiger partial charge in [-0.25, -0.2) is 0 Å². The topological polar surface area (TPSA) is 49.7 Å². The molecule has 2 unspecified atom stereocenters. The van der Waals surface area contributed by atoms with E-state index < -0.39 is 13.9 Å². The average Bonchev–Trinajstić information content (AvgIpc) is 2.71. The van der Waals surface area contributed by atoms with Crippen molar-refractivity contribution in [1.29, 1.82) is 0 Å². The fourth-order valence-electron chi connectivity index (χ4n) is 1.87. The summed E-state index contributed by atoms with van der Waals surface area (Å²) in [7, 11) is 3.99. The highest BCUT2D eigenvalue weighted by Crippen LogP contribution is 2.30. The number of nitrogens with zero attached hydrogens (tertiary/aromatic N) is 4. The normalized spacial score (nSPS) is 12.1. The summed E-state index contributed by atoms with van der Waals surface area (Å²) in [5.41, 5.74) is 1.92. The van der Waals surface area contributed by atoms with Gasteiger partial charge in [0.1, 0.15) is 12.4 Å². The van der Waals surface area contributed by atoms with Gasteiger partial charge in [0, 0.05) is 0 Å². The van der Waals surface area contributed by atoms with Crippen LogP contribution in [0.4, 0.5) is 0 Å². The van der Waals surface area contributed by atoms with Gasteiger partial charge in [0.15, 0.2) is 17.6 Å². The Kier molecular flexibility index (Phi) is 8.87. The third kappa shape index (κ3) is 7.21. The Morgan fingerprint density at radius 3 is 1.75 bits per heavy atom. The summed E-state index contributed by atoms with van der Waals surface area (Å²) in [4.78, 5) is 0. The van der Waals surface area contributed by atoms with Gasteiger partial charge in [0.05, 0.1) is 33.6 Å². The third-order valence-electron chi connectivity index (χ3n) is 3.57. The highest BCUT2D eigenvalue weighted by molar-refractivity contribution is 8.03. The van der Waals surface area contributed by atoms with Crippen molar-refractivity contribution in [3.8, 4) is 11.5 Å². The van der Waals surface area contributed by atoms with Gasteiger partial charge < -0.3 is 4.74 Å². The summed E-state index contributed by atoms with van der Waals surface area (Å²) in [5.74, 6) is 1.50. The molecule has 0 aliphatic rings. The quantitative estimate of drug-likeness (QED) is 0.316. The Morgan fingerprint density at radius 1 is 0.821 bits per heavy atom. The summed E-state index contributed by atoms with van der Waals surface area (Å²) in [5, 5.41) is 8.68. The maximum Gasteiger partial charge on any atom is 0.540 e. The first kappa shape index (κ1) is 22.3. The van der Waals surface area contributed by atoms with E-state index in [0.29, 0.717) is 5.75 Å². The number of ether oxygens (including phenoxy) is 1. The van der Waals surface area contributed by atoms with E-state index in [1.165, 1.54) is 0 Å². The van der Waals surface area contributed by atoms with E-state index in [4.69, 9.17) is 32.9 Å². The zero-order chi connectivity index (χ0) is 20.5. The molecule has 2 aromatic carbocycles. The molecule has 0 saturated heterocycles. The lowest BCUT2D eigenvalue weighted by Crippen LogP contribution is -2.03. The molecule has 2 rings (SSSR count). The van der Waals surface area contributed by atoms with Crippen LogP contribution in [-0.4, -0.2) is 49.9 Å². The number of hydrogen-bond donors (Lipinski definition) is 0. The average molecular weight is 452 g/mol. The molecule has 0 spiro atoms. The van der Waals surface area contributed by atoms with E-state index in [0.717, 1.165) is 16.9 Å². The van der Waals surface area contributed by atoms with Gasteiger partial charge in [0.25, 0.3) is 0 Å². The maximum absolute atomic E-state index is 5.82. The molecule has 0 aliphatic heterocycles. The van der Waals surface area contributed by atoms with Gasteiger partial charge in [-0.3, -0.25) is 4.52 Å². The van der Waals surface area contributed by atoms with E-state index in [1.54, 1.807) is 36.1 Å². The second kappa shape index (κ2) is 11.1. The van der Waals surface area contributed by atoms with Crippen molar-refractivity contribution >= 4 is 50.0 Å². The Morgan fingerprint density at radius 2 is 1.29 bits per heavy atom. The predicted molar refractivity (Wildman–Crippen MR) is 125 cm³/mol. The van der Waals surface area contributed by atoms with Crippen LogP contribution in [0.3, 0.4) is 0 Å². The van der Waals surface area contributed by atoms with Crippen LogP contribution in [0.25, 0.3) is 0 Å². The predicted octanol–water partition coefficient (Wildman–Crippen LogP) is 4.57. The molecule has 0 bridgehead atoms. The van der Waals surface area contributed by atoms with E-state index in [9.17, 15) is 0 Å². The minimum Gasteiger partial charge on any atom is -0.497 e. The van der Waals surface area contributed by atoms with Crippen molar-refractivity contribution in [2.45, 2.75) is 0 Å². The van der Waals surface area contributed by atoms with Crippen molar-refractivity contribution in [2.24, 2.45) is 10.2 Å². The molecule has 0 radical (unpaired) electrons. The number of methoxy groups -OCH3 is 1. The van der Waals surface area contributed by atoms with Crippen LogP contribution in [0.1, 0.15) is 11.1 Å². The third-order valence-corrected chi connectivity index (χ3v) is 7.07. The summed E-state index contributed by atoms with van der Waals surface area (Å²) in [6.45, 7) is 1.32. The number of hydrazone groups is 2. The second-order valence-corrected chi connectivity index (χ2v) is 10.9. The van der Waals surface area contributed by atoms with Crippen LogP contribution in [0.2, 0.25) is 0 Å². The molecule has 2 aromatic rings. The van der Waals surface area contributed by atoms with Crippen LogP contribution >= 0.6 is 13.9 Å². The fraction of sp³-hybridized carbons (Fsp3) is 0.222. The molecule has 0 amide bonds. The molecule has 0 aromatic heterocycles. The zero-order valence-electron chi connectivity index (χ0n) is 16.1. The molecular weight excluding hydrogens is 430 g/mol. The first-order chi connectivity index (χ1) is 13.4. The molecular formula is C18H22N4O2P2S2+2. The van der Waals surface area contributed by atoms with E-state index >= 15 is 0 Å². The molecule has 0 aliphatic carbocycles. The van der Waals surface area contributed by atoms with Crippen molar-refractivity contribution < 1.29 is 9.26 Å². The summed E-state index contributed by atoms with van der Waals surface area (Å²) in [6, 6.07) is 15.2. The van der Waals surface area contributed by atoms with Gasteiger partial charge in [-0.05, 0) is 59.7 Å². The Labute approximate surface area is 177 Å². The monoisotopic (exact) mass is 452 g/mol. The minimum absolute atomic E-state index is 0.649. The van der Waals surface area contributed by atoms with Crippen LogP contribution in [-0.2, 0) is 23.6 Å². The maximum atomic E-state index is 5.82. The summed E-state index contributed by atoms with van der Waals surface area (Å²) < 4.78 is 14.4. The highest BCUT2D eigenvalue weighted by Gasteiger charge is 2.20. The lowest BCUT2D eigenvalue weighted by Gasteiger charge is -2.03. The molecule has 28 heavy (non-hydrogen) atoms. The molecule has 2 atom stereocenters. The number of hydrogen-bond acceptors (Lipinski definition) is 6. The van der Waals surface area contributed by atoms with Gasteiger partial charge in [-0.1, -0.05) is 4.78 Å². The molecule has 10 heteroatoms. The zero-order valence-corrected chi connectivity index (χ0v) is 19.5. The molecule has 6 nitrogen and oxygen atoms in total. The lowest BCUT2D eigenvalue weighted by molar-refractivity contribution is 0.415. The first-order valence-electron chi connectivity index (χ1n) is 8.24. The first-order valence-corrected chi connectivity index (χ1v) is 13.2. The van der Waals surface area contributed by atoms with Crippen LogP contribution in [0.15, 0.2) is 58.7 Å². The van der Waals surface area contributed by atoms with E-state index in [-0.39, 0.29) is 0 Å². The van der Waals surface area contributed by atoms with Gasteiger partial charge in [0.2, 0.25) is 11.8 Å². The van der Waals surface area contributed by atoms with Crippen LogP contribution in [0, 0.1) is 0 Å². The van der Waals surface area contributed by atoms with Crippen molar-refractivity contribution in [2.75, 3.05) is 27.9 Å². The smallest absolute Gasteiger partial charge is 0.497 e. The summed E-state index contributed by atoms with van der Waals surface area (Å²) in [6.07, 6.45) is 3.51. The molecule has 0 saturated carbocycles. The van der Waals surface area contributed by atoms with Gasteiger partial charge in [-0.15, -0.1) is 15.0 Å². The van der Waals surface area contributed by atoms with Crippen LogP contribution in [0.5, 0.6) is 11.5 Å². The molecule has 146 valence electrons. The van der Waals surface area contributed by atoms with Gasteiger partial charge >= 0.3 is 13.9 Å². The van der Waals surface area contributed by atoms with E-state index in [1.807, 2.05) is 62.2 Å². The SMILES string of the molecule is COc1ccc(/C=N\N(C)[P+](=S)Oc2ccc(/C=N\N(C)[P+](C)=S)cc2)cc1. The minimum atomic E-state index is -1.32. The Hall–Kier alpha value is -1.98. The summed E-state index contributed by atoms with van der Waals surface area (Å²) >= 11 is 10.6. The number of benzene rings is 2.